The summed E-state index contributed by atoms with van der Waals surface area (Å²) in [4.78, 5) is 38.3. The number of hydrogen-bond donors (Lipinski definition) is 0. The third-order valence-electron chi connectivity index (χ3n) is 14.0. The smallest absolute Gasteiger partial charge is 0.306 e. The van der Waals surface area contributed by atoms with Gasteiger partial charge in [-0.15, -0.1) is 0 Å². The lowest BCUT2D eigenvalue weighted by molar-refractivity contribution is -0.167. The van der Waals surface area contributed by atoms with Crippen molar-refractivity contribution in [1.82, 2.24) is 0 Å². The maximum atomic E-state index is 12.9. The van der Waals surface area contributed by atoms with Gasteiger partial charge in [-0.05, 0) is 103 Å². The molecule has 0 amide bonds. The van der Waals surface area contributed by atoms with Crippen molar-refractivity contribution in [1.29, 1.82) is 0 Å². The number of unbranched alkanes of at least 4 members (excludes halogenated alkanes) is 39. The quantitative estimate of drug-likeness (QED) is 0.0261. The van der Waals surface area contributed by atoms with E-state index in [1.165, 1.54) is 225 Å². The lowest BCUT2D eigenvalue weighted by atomic mass is 10.0. The zero-order valence-corrected chi connectivity index (χ0v) is 48.2. The molecule has 0 aromatic heterocycles. The van der Waals surface area contributed by atoms with Crippen LogP contribution in [-0.4, -0.2) is 37.2 Å². The fraction of sp³-hybridized carbons (Fsp3) is 0.833. The Balaban J connectivity index is 4.30. The largest absolute Gasteiger partial charge is 0.462 e. The molecule has 0 saturated carbocycles. The molecule has 0 rings (SSSR count). The van der Waals surface area contributed by atoms with Crippen molar-refractivity contribution in [2.24, 2.45) is 0 Å². The van der Waals surface area contributed by atoms with Crippen LogP contribution in [0.15, 0.2) is 48.6 Å². The average molecular weight is 1010 g/mol. The molecule has 0 aromatic rings. The van der Waals surface area contributed by atoms with Gasteiger partial charge in [0.25, 0.3) is 0 Å². The second kappa shape index (κ2) is 60.9. The SMILES string of the molecule is CCCCCC/C=C\CCCCCCCC(=O)OCC(COC(=O)CCCCCCCCCCCCC/C=C\C/C=C\CCCCCCC)OC(=O)CCCCCCCCC/C=C\CCCCCCCCC. The molecule has 6 nitrogen and oxygen atoms in total. The second-order valence-corrected chi connectivity index (χ2v) is 21.3. The van der Waals surface area contributed by atoms with E-state index in [0.717, 1.165) is 70.6 Å². The molecule has 6 heteroatoms. The summed E-state index contributed by atoms with van der Waals surface area (Å²) in [6.07, 6.45) is 75.4. The Kier molecular flexibility index (Phi) is 58.7. The zero-order valence-electron chi connectivity index (χ0n) is 48.2. The summed E-state index contributed by atoms with van der Waals surface area (Å²) in [5.41, 5.74) is 0. The number of carbonyl (C=O) groups is 3. The highest BCUT2D eigenvalue weighted by Gasteiger charge is 2.19. The first-order valence-corrected chi connectivity index (χ1v) is 31.6. The number of allylic oxidation sites excluding steroid dienone is 8. The Morgan fingerprint density at radius 2 is 0.500 bits per heavy atom. The molecular formula is C66H120O6. The monoisotopic (exact) mass is 1010 g/mol. The van der Waals surface area contributed by atoms with Gasteiger partial charge in [0.2, 0.25) is 0 Å². The predicted molar refractivity (Wildman–Crippen MR) is 312 cm³/mol. The molecule has 72 heavy (non-hydrogen) atoms. The Bertz CT molecular complexity index is 1250. The lowest BCUT2D eigenvalue weighted by Crippen LogP contribution is -2.30. The van der Waals surface area contributed by atoms with Gasteiger partial charge < -0.3 is 14.2 Å². The van der Waals surface area contributed by atoms with Gasteiger partial charge >= 0.3 is 17.9 Å². The summed E-state index contributed by atoms with van der Waals surface area (Å²) < 4.78 is 16.9. The molecule has 0 aromatic carbocycles. The molecule has 0 heterocycles. The van der Waals surface area contributed by atoms with E-state index in [2.05, 4.69) is 69.4 Å². The summed E-state index contributed by atoms with van der Waals surface area (Å²) in [5.74, 6) is -0.874. The van der Waals surface area contributed by atoms with Crippen molar-refractivity contribution >= 4 is 17.9 Å². The molecule has 0 bridgehead atoms. The van der Waals surface area contributed by atoms with Crippen LogP contribution < -0.4 is 0 Å². The van der Waals surface area contributed by atoms with Gasteiger partial charge in [0.1, 0.15) is 13.2 Å². The van der Waals surface area contributed by atoms with Crippen LogP contribution in [0.3, 0.4) is 0 Å². The minimum atomic E-state index is -0.779. The van der Waals surface area contributed by atoms with Crippen molar-refractivity contribution < 1.29 is 28.6 Å². The van der Waals surface area contributed by atoms with E-state index < -0.39 is 6.10 Å². The van der Waals surface area contributed by atoms with Crippen LogP contribution in [0.2, 0.25) is 0 Å². The van der Waals surface area contributed by atoms with Gasteiger partial charge in [-0.2, -0.15) is 0 Å². The summed E-state index contributed by atoms with van der Waals surface area (Å²) in [5, 5.41) is 0. The Labute approximate surface area is 448 Å². The molecule has 0 aliphatic heterocycles. The first-order valence-electron chi connectivity index (χ1n) is 31.6. The zero-order chi connectivity index (χ0) is 52.2. The van der Waals surface area contributed by atoms with Gasteiger partial charge in [0.15, 0.2) is 6.10 Å². The molecule has 0 radical (unpaired) electrons. The predicted octanol–water partition coefficient (Wildman–Crippen LogP) is 21.4. The van der Waals surface area contributed by atoms with Crippen LogP contribution in [0.25, 0.3) is 0 Å². The first-order chi connectivity index (χ1) is 35.5. The number of carbonyl (C=O) groups excluding carboxylic acids is 3. The van der Waals surface area contributed by atoms with E-state index >= 15 is 0 Å². The van der Waals surface area contributed by atoms with Crippen LogP contribution in [0.4, 0.5) is 0 Å². The molecule has 0 saturated heterocycles. The Morgan fingerprint density at radius 1 is 0.278 bits per heavy atom. The van der Waals surface area contributed by atoms with Crippen LogP contribution in [-0.2, 0) is 28.6 Å². The maximum absolute atomic E-state index is 12.9. The highest BCUT2D eigenvalue weighted by molar-refractivity contribution is 5.71. The van der Waals surface area contributed by atoms with Crippen LogP contribution in [0.5, 0.6) is 0 Å². The van der Waals surface area contributed by atoms with Gasteiger partial charge in [-0.25, -0.2) is 0 Å². The topological polar surface area (TPSA) is 78.9 Å². The highest BCUT2D eigenvalue weighted by Crippen LogP contribution is 2.16. The van der Waals surface area contributed by atoms with E-state index in [1.54, 1.807) is 0 Å². The summed E-state index contributed by atoms with van der Waals surface area (Å²) in [6.45, 7) is 6.64. The fourth-order valence-corrected chi connectivity index (χ4v) is 9.23. The fourth-order valence-electron chi connectivity index (χ4n) is 9.23. The molecule has 0 spiro atoms. The molecule has 0 fully saturated rings. The summed E-state index contributed by atoms with van der Waals surface area (Å²) in [7, 11) is 0. The standard InChI is InChI=1S/C66H120O6/c1-4-7-10-13-16-19-22-25-27-29-31-32-33-34-35-37-38-41-44-47-50-53-56-59-65(68)71-62-63(61-70-64(67)58-55-52-49-46-43-40-24-21-18-15-12-9-6-3)72-66(69)60-57-54-51-48-45-42-39-36-30-28-26-23-20-17-14-11-8-5-2/h21-22,24-25,28-31,63H,4-20,23,26-27,32-62H2,1-3H3/b24-21-,25-22-,30-28-,31-29-. The minimum Gasteiger partial charge on any atom is -0.462 e. The van der Waals surface area contributed by atoms with E-state index in [-0.39, 0.29) is 31.1 Å². The van der Waals surface area contributed by atoms with Gasteiger partial charge in [0, 0.05) is 19.3 Å². The Morgan fingerprint density at radius 3 is 0.792 bits per heavy atom. The molecular weight excluding hydrogens is 889 g/mol. The molecule has 0 aliphatic carbocycles. The molecule has 0 N–H and O–H groups in total. The van der Waals surface area contributed by atoms with Crippen LogP contribution >= 0.6 is 0 Å². The second-order valence-electron chi connectivity index (χ2n) is 21.3. The summed E-state index contributed by atoms with van der Waals surface area (Å²) >= 11 is 0. The first kappa shape index (κ1) is 69.4. The van der Waals surface area contributed by atoms with E-state index in [0.29, 0.717) is 19.3 Å². The third kappa shape index (κ3) is 58.3. The van der Waals surface area contributed by atoms with Crippen molar-refractivity contribution in [3.8, 4) is 0 Å². The minimum absolute atomic E-state index is 0.0764. The summed E-state index contributed by atoms with van der Waals surface area (Å²) in [6, 6.07) is 0. The van der Waals surface area contributed by atoms with E-state index in [9.17, 15) is 14.4 Å². The van der Waals surface area contributed by atoms with Crippen molar-refractivity contribution in [2.45, 2.75) is 341 Å². The molecule has 420 valence electrons. The van der Waals surface area contributed by atoms with Crippen LogP contribution in [0.1, 0.15) is 335 Å². The van der Waals surface area contributed by atoms with Gasteiger partial charge in [-0.3, -0.25) is 14.4 Å². The molecule has 1 unspecified atom stereocenters. The van der Waals surface area contributed by atoms with E-state index in [4.69, 9.17) is 14.2 Å². The third-order valence-corrected chi connectivity index (χ3v) is 14.0. The number of hydrogen-bond acceptors (Lipinski definition) is 6. The molecule has 0 aliphatic rings. The van der Waals surface area contributed by atoms with Gasteiger partial charge in [-0.1, -0.05) is 262 Å². The van der Waals surface area contributed by atoms with E-state index in [1.807, 2.05) is 0 Å². The Hall–Kier alpha value is -2.63. The van der Waals surface area contributed by atoms with Crippen LogP contribution in [0, 0.1) is 0 Å². The average Bonchev–Trinajstić information content (AvgIpc) is 3.38. The van der Waals surface area contributed by atoms with Crippen molar-refractivity contribution in [2.75, 3.05) is 13.2 Å². The van der Waals surface area contributed by atoms with Crippen molar-refractivity contribution in [3.05, 3.63) is 48.6 Å². The van der Waals surface area contributed by atoms with Gasteiger partial charge in [0.05, 0.1) is 0 Å². The molecule has 1 atom stereocenters. The normalized spacial score (nSPS) is 12.3. The number of esters is 3. The lowest BCUT2D eigenvalue weighted by Gasteiger charge is -2.18. The highest BCUT2D eigenvalue weighted by atomic mass is 16.6. The van der Waals surface area contributed by atoms with Crippen molar-refractivity contribution in [3.63, 3.8) is 0 Å². The number of ether oxygens (including phenoxy) is 3. The number of rotatable bonds is 58. The maximum Gasteiger partial charge on any atom is 0.306 e.